The Hall–Kier alpha value is -0.980. The molecule has 6 heteroatoms. The largest absolute Gasteiger partial charge is 0.389 e. The molecular formula is C12H18N2O2S2. The lowest BCUT2D eigenvalue weighted by atomic mass is 10.1. The van der Waals surface area contributed by atoms with Gasteiger partial charge in [-0.25, -0.2) is 8.42 Å². The molecular weight excluding hydrogens is 268 g/mol. The number of rotatable bonds is 6. The molecule has 0 heterocycles. The number of hydrogen-bond acceptors (Lipinski definition) is 4. The quantitative estimate of drug-likeness (QED) is 0.784. The van der Waals surface area contributed by atoms with Crippen LogP contribution < -0.4 is 5.73 Å². The molecule has 0 aliphatic rings. The standard InChI is InChI=1S/C12H18N2O2S2/c1-14(7-8-18(2,15)16)9-10-5-3-4-6-11(10)12(13)17/h3-6H,7-9H2,1-2H3,(H2,13,17). The third-order valence-electron chi connectivity index (χ3n) is 2.57. The molecule has 0 aliphatic heterocycles. The SMILES string of the molecule is CN(CCS(C)(=O)=O)Cc1ccccc1C(N)=S. The van der Waals surface area contributed by atoms with Crippen molar-refractivity contribution in [3.8, 4) is 0 Å². The first-order valence-corrected chi connectivity index (χ1v) is 8.00. The summed E-state index contributed by atoms with van der Waals surface area (Å²) in [6, 6.07) is 7.63. The van der Waals surface area contributed by atoms with Crippen molar-refractivity contribution in [3.05, 3.63) is 35.4 Å². The Balaban J connectivity index is 2.70. The van der Waals surface area contributed by atoms with Gasteiger partial charge in [-0.3, -0.25) is 0 Å². The molecule has 1 rings (SSSR count). The summed E-state index contributed by atoms with van der Waals surface area (Å²) in [6.45, 7) is 1.12. The van der Waals surface area contributed by atoms with E-state index in [4.69, 9.17) is 18.0 Å². The fourth-order valence-electron chi connectivity index (χ4n) is 1.59. The van der Waals surface area contributed by atoms with Crippen LogP contribution in [0.15, 0.2) is 24.3 Å². The van der Waals surface area contributed by atoms with Gasteiger partial charge in [0.2, 0.25) is 0 Å². The normalized spacial score (nSPS) is 11.7. The van der Waals surface area contributed by atoms with E-state index in [1.807, 2.05) is 36.2 Å². The lowest BCUT2D eigenvalue weighted by Gasteiger charge is -2.18. The summed E-state index contributed by atoms with van der Waals surface area (Å²) >= 11 is 4.99. The van der Waals surface area contributed by atoms with Gasteiger partial charge in [-0.1, -0.05) is 36.5 Å². The fraction of sp³-hybridized carbons (Fsp3) is 0.417. The van der Waals surface area contributed by atoms with Crippen LogP contribution in [-0.4, -0.2) is 43.9 Å². The molecule has 0 aliphatic carbocycles. The Morgan fingerprint density at radius 2 is 2.00 bits per heavy atom. The van der Waals surface area contributed by atoms with Crippen LogP contribution in [0.4, 0.5) is 0 Å². The van der Waals surface area contributed by atoms with Crippen molar-refractivity contribution in [1.29, 1.82) is 0 Å². The molecule has 4 nitrogen and oxygen atoms in total. The maximum absolute atomic E-state index is 11.1. The first-order valence-electron chi connectivity index (χ1n) is 5.53. The fourth-order valence-corrected chi connectivity index (χ4v) is 2.43. The molecule has 0 saturated heterocycles. The van der Waals surface area contributed by atoms with Crippen molar-refractivity contribution in [3.63, 3.8) is 0 Å². The van der Waals surface area contributed by atoms with Gasteiger partial charge in [0.1, 0.15) is 14.8 Å². The number of hydrogen-bond donors (Lipinski definition) is 1. The van der Waals surface area contributed by atoms with E-state index < -0.39 is 9.84 Å². The monoisotopic (exact) mass is 286 g/mol. The van der Waals surface area contributed by atoms with Gasteiger partial charge in [0.05, 0.1) is 5.75 Å². The van der Waals surface area contributed by atoms with Gasteiger partial charge in [0, 0.05) is 24.9 Å². The van der Waals surface area contributed by atoms with Gasteiger partial charge in [-0.15, -0.1) is 0 Å². The Labute approximate surface area is 114 Å². The summed E-state index contributed by atoms with van der Waals surface area (Å²) in [5, 5.41) is 0. The average molecular weight is 286 g/mol. The summed E-state index contributed by atoms with van der Waals surface area (Å²) < 4.78 is 22.2. The summed E-state index contributed by atoms with van der Waals surface area (Å²) in [6.07, 6.45) is 1.24. The van der Waals surface area contributed by atoms with Crippen LogP contribution in [0.2, 0.25) is 0 Å². The Kier molecular flexibility index (Phi) is 5.25. The van der Waals surface area contributed by atoms with Crippen LogP contribution in [0.25, 0.3) is 0 Å². The second-order valence-corrected chi connectivity index (χ2v) is 7.09. The average Bonchev–Trinajstić information content (AvgIpc) is 2.26. The van der Waals surface area contributed by atoms with Crippen LogP contribution in [0, 0.1) is 0 Å². The second-order valence-electron chi connectivity index (χ2n) is 4.39. The third-order valence-corrected chi connectivity index (χ3v) is 3.71. The number of sulfone groups is 1. The van der Waals surface area contributed by atoms with Crippen molar-refractivity contribution in [1.82, 2.24) is 4.90 Å². The van der Waals surface area contributed by atoms with E-state index in [2.05, 4.69) is 0 Å². The molecule has 0 unspecified atom stereocenters. The van der Waals surface area contributed by atoms with Crippen LogP contribution in [0.3, 0.4) is 0 Å². The molecule has 0 fully saturated rings. The maximum atomic E-state index is 11.1. The zero-order valence-electron chi connectivity index (χ0n) is 10.6. The molecule has 18 heavy (non-hydrogen) atoms. The number of nitrogens with zero attached hydrogens (tertiary/aromatic N) is 1. The van der Waals surface area contributed by atoms with Gasteiger partial charge in [0.25, 0.3) is 0 Å². The molecule has 0 atom stereocenters. The Morgan fingerprint density at radius 3 is 2.56 bits per heavy atom. The first-order chi connectivity index (χ1) is 8.29. The molecule has 100 valence electrons. The van der Waals surface area contributed by atoms with Gasteiger partial charge < -0.3 is 10.6 Å². The molecule has 0 spiro atoms. The molecule has 0 radical (unpaired) electrons. The topological polar surface area (TPSA) is 63.4 Å². The highest BCUT2D eigenvalue weighted by atomic mass is 32.2. The molecule has 2 N–H and O–H groups in total. The Bertz CT molecular complexity index is 527. The summed E-state index contributed by atoms with van der Waals surface area (Å²) in [7, 11) is -1.05. The highest BCUT2D eigenvalue weighted by Crippen LogP contribution is 2.11. The van der Waals surface area contributed by atoms with E-state index in [1.54, 1.807) is 0 Å². The molecule has 0 amide bonds. The smallest absolute Gasteiger partial charge is 0.148 e. The molecule has 1 aromatic carbocycles. The summed E-state index contributed by atoms with van der Waals surface area (Å²) in [5.74, 6) is 0.152. The lowest BCUT2D eigenvalue weighted by Crippen LogP contribution is -2.26. The number of thiocarbonyl (C=S) groups is 1. The van der Waals surface area contributed by atoms with Gasteiger partial charge in [-0.2, -0.15) is 0 Å². The highest BCUT2D eigenvalue weighted by molar-refractivity contribution is 7.90. The van der Waals surface area contributed by atoms with E-state index in [0.717, 1.165) is 11.1 Å². The van der Waals surface area contributed by atoms with E-state index in [-0.39, 0.29) is 5.75 Å². The van der Waals surface area contributed by atoms with Crippen molar-refractivity contribution >= 4 is 27.0 Å². The van der Waals surface area contributed by atoms with Crippen LogP contribution in [0.5, 0.6) is 0 Å². The maximum Gasteiger partial charge on any atom is 0.148 e. The predicted octanol–water partition coefficient (Wildman–Crippen LogP) is 0.797. The van der Waals surface area contributed by atoms with E-state index in [1.165, 1.54) is 6.26 Å². The molecule has 1 aromatic rings. The van der Waals surface area contributed by atoms with E-state index >= 15 is 0 Å². The van der Waals surface area contributed by atoms with E-state index in [9.17, 15) is 8.42 Å². The van der Waals surface area contributed by atoms with E-state index in [0.29, 0.717) is 18.1 Å². The van der Waals surface area contributed by atoms with Crippen LogP contribution in [-0.2, 0) is 16.4 Å². The third kappa shape index (κ3) is 5.12. The summed E-state index contributed by atoms with van der Waals surface area (Å²) in [5.41, 5.74) is 7.51. The zero-order chi connectivity index (χ0) is 13.8. The van der Waals surface area contributed by atoms with Crippen molar-refractivity contribution in [2.75, 3.05) is 25.6 Å². The van der Waals surface area contributed by atoms with Crippen molar-refractivity contribution < 1.29 is 8.42 Å². The highest BCUT2D eigenvalue weighted by Gasteiger charge is 2.09. The minimum absolute atomic E-state index is 0.152. The van der Waals surface area contributed by atoms with Crippen molar-refractivity contribution in [2.45, 2.75) is 6.54 Å². The first kappa shape index (κ1) is 15.1. The Morgan fingerprint density at radius 1 is 1.39 bits per heavy atom. The van der Waals surface area contributed by atoms with Gasteiger partial charge >= 0.3 is 0 Å². The predicted molar refractivity (Wildman–Crippen MR) is 78.4 cm³/mol. The molecule has 0 saturated carbocycles. The van der Waals surface area contributed by atoms with Crippen molar-refractivity contribution in [2.24, 2.45) is 5.73 Å². The minimum Gasteiger partial charge on any atom is -0.389 e. The lowest BCUT2D eigenvalue weighted by molar-refractivity contribution is 0.346. The zero-order valence-corrected chi connectivity index (χ0v) is 12.2. The molecule has 0 aromatic heterocycles. The van der Waals surface area contributed by atoms with Gasteiger partial charge in [0.15, 0.2) is 0 Å². The minimum atomic E-state index is -2.93. The van der Waals surface area contributed by atoms with Gasteiger partial charge in [-0.05, 0) is 12.6 Å². The second kappa shape index (κ2) is 6.26. The molecule has 0 bridgehead atoms. The number of benzene rings is 1. The van der Waals surface area contributed by atoms with Crippen LogP contribution in [0.1, 0.15) is 11.1 Å². The summed E-state index contributed by atoms with van der Waals surface area (Å²) in [4.78, 5) is 2.31. The number of nitrogens with two attached hydrogens (primary N) is 1. The van der Waals surface area contributed by atoms with Crippen LogP contribution >= 0.6 is 12.2 Å².